The molecule has 2 aromatic rings. The van der Waals surface area contributed by atoms with Crippen molar-refractivity contribution in [2.45, 2.75) is 45.4 Å². The summed E-state index contributed by atoms with van der Waals surface area (Å²) in [5.41, 5.74) is 3.44. The van der Waals surface area contributed by atoms with Gasteiger partial charge in [0, 0.05) is 12.0 Å². The van der Waals surface area contributed by atoms with Gasteiger partial charge in [0.05, 0.1) is 4.90 Å². The molecule has 0 bridgehead atoms. The fraction of sp³-hybridized carbons (Fsp3) is 0.286. The number of hydrogen-bond donors (Lipinski definition) is 1. The van der Waals surface area contributed by atoms with Crippen molar-refractivity contribution in [3.63, 3.8) is 0 Å². The average molecular weight is 374 g/mol. The lowest BCUT2D eigenvalue weighted by Crippen LogP contribution is -2.11. The Hall–Kier alpha value is -2.24. The third-order valence-corrected chi connectivity index (χ3v) is 4.71. The molecule has 0 saturated heterocycles. The minimum Gasteiger partial charge on any atom is -0.294 e. The summed E-state index contributed by atoms with van der Waals surface area (Å²) >= 11 is 0. The Morgan fingerprint density at radius 1 is 0.769 bits per heavy atom. The Kier molecular flexibility index (Phi) is 8.42. The molecule has 0 aromatic heterocycles. The van der Waals surface area contributed by atoms with Crippen molar-refractivity contribution in [3.8, 4) is 0 Å². The van der Waals surface area contributed by atoms with E-state index in [9.17, 15) is 13.2 Å². The average Bonchev–Trinajstić information content (AvgIpc) is 3.06. The van der Waals surface area contributed by atoms with Crippen molar-refractivity contribution >= 4 is 27.0 Å². The van der Waals surface area contributed by atoms with Gasteiger partial charge in [0.25, 0.3) is 0 Å². The number of rotatable bonds is 3. The summed E-state index contributed by atoms with van der Waals surface area (Å²) in [6, 6.07) is 15.9. The topological polar surface area (TPSA) is 77.2 Å². The van der Waals surface area contributed by atoms with Gasteiger partial charge >= 0.3 is 0 Å². The van der Waals surface area contributed by atoms with Crippen molar-refractivity contribution in [1.82, 2.24) is 0 Å². The first-order valence-electron chi connectivity index (χ1n) is 8.92. The monoisotopic (exact) mass is 373 g/mol. The molecule has 26 heavy (non-hydrogen) atoms. The van der Waals surface area contributed by atoms with E-state index in [0.29, 0.717) is 12.8 Å². The number of carbonyl (C=O) groups is 1. The third kappa shape index (κ3) is 5.13. The summed E-state index contributed by atoms with van der Waals surface area (Å²) in [6.07, 6.45) is 1.15. The zero-order valence-corrected chi connectivity index (χ0v) is 16.6. The molecular weight excluding hydrogens is 346 g/mol. The maximum atomic E-state index is 12.2. The van der Waals surface area contributed by atoms with Crippen LogP contribution >= 0.6 is 0 Å². The van der Waals surface area contributed by atoms with Crippen LogP contribution in [0.4, 0.5) is 0 Å². The molecule has 2 aromatic carbocycles. The van der Waals surface area contributed by atoms with Gasteiger partial charge in [-0.3, -0.25) is 4.79 Å². The Morgan fingerprint density at radius 2 is 1.31 bits per heavy atom. The number of primary sulfonamides is 1. The molecule has 0 fully saturated rings. The van der Waals surface area contributed by atoms with Gasteiger partial charge in [0.1, 0.15) is 0 Å². The Balaban J connectivity index is 0.000000791. The van der Waals surface area contributed by atoms with Crippen LogP contribution in [0, 0.1) is 0 Å². The number of hydrogen-bond acceptors (Lipinski definition) is 3. The highest BCUT2D eigenvalue weighted by atomic mass is 32.2. The van der Waals surface area contributed by atoms with E-state index in [-0.39, 0.29) is 10.7 Å². The zero-order valence-electron chi connectivity index (χ0n) is 15.8. The second-order valence-corrected chi connectivity index (χ2v) is 6.77. The van der Waals surface area contributed by atoms with E-state index >= 15 is 0 Å². The van der Waals surface area contributed by atoms with Crippen LogP contribution in [0.25, 0.3) is 11.1 Å². The van der Waals surface area contributed by atoms with E-state index in [2.05, 4.69) is 0 Å². The molecule has 0 saturated carbocycles. The maximum absolute atomic E-state index is 12.2. The summed E-state index contributed by atoms with van der Waals surface area (Å²) in [7, 11) is -3.70. The normalized spacial score (nSPS) is 13.5. The highest BCUT2D eigenvalue weighted by Gasteiger charge is 2.25. The first-order valence-corrected chi connectivity index (χ1v) is 10.5. The molecule has 3 rings (SSSR count). The standard InChI is InChI=1S/C17H15NO3S.2C2H6/c18-22(20,21)14-8-6-12(7-9-14)15-10-11-16(19)17(15)13-4-2-1-3-5-13;2*1-2/h1-9H,10-11H2,(H2,18,20,21);2*1-2H3. The number of benzene rings is 2. The predicted molar refractivity (Wildman–Crippen MR) is 108 cm³/mol. The molecule has 1 aliphatic carbocycles. The van der Waals surface area contributed by atoms with Crippen LogP contribution in [0.15, 0.2) is 59.5 Å². The van der Waals surface area contributed by atoms with Gasteiger partial charge in [-0.2, -0.15) is 0 Å². The van der Waals surface area contributed by atoms with E-state index in [1.807, 2.05) is 58.0 Å². The van der Waals surface area contributed by atoms with E-state index in [0.717, 1.165) is 22.3 Å². The first kappa shape index (κ1) is 21.8. The van der Waals surface area contributed by atoms with Crippen molar-refractivity contribution in [2.75, 3.05) is 0 Å². The number of allylic oxidation sites excluding steroid dienone is 2. The maximum Gasteiger partial charge on any atom is 0.238 e. The van der Waals surface area contributed by atoms with Crippen molar-refractivity contribution in [1.29, 1.82) is 0 Å². The van der Waals surface area contributed by atoms with Crippen LogP contribution in [-0.4, -0.2) is 14.2 Å². The smallest absolute Gasteiger partial charge is 0.238 e. The number of nitrogens with two attached hydrogens (primary N) is 1. The van der Waals surface area contributed by atoms with E-state index in [1.54, 1.807) is 12.1 Å². The minimum absolute atomic E-state index is 0.0717. The summed E-state index contributed by atoms with van der Waals surface area (Å²) in [5, 5.41) is 5.11. The second kappa shape index (κ2) is 10.0. The summed E-state index contributed by atoms with van der Waals surface area (Å²) in [5.74, 6) is 0.122. The molecule has 0 spiro atoms. The largest absolute Gasteiger partial charge is 0.294 e. The lowest BCUT2D eigenvalue weighted by atomic mass is 9.97. The van der Waals surface area contributed by atoms with Crippen molar-refractivity contribution < 1.29 is 13.2 Å². The van der Waals surface area contributed by atoms with Crippen LogP contribution < -0.4 is 5.14 Å². The summed E-state index contributed by atoms with van der Waals surface area (Å²) < 4.78 is 22.6. The number of Topliss-reactive ketones (excluding diaryl/α,β-unsaturated/α-hetero) is 1. The molecule has 140 valence electrons. The minimum atomic E-state index is -3.70. The molecular formula is C21H27NO3S. The SMILES string of the molecule is CC.CC.NS(=O)(=O)c1ccc(C2=C(c3ccccc3)C(=O)CC2)cc1. The van der Waals surface area contributed by atoms with Crippen LogP contribution in [0.2, 0.25) is 0 Å². The van der Waals surface area contributed by atoms with Crippen LogP contribution in [0.3, 0.4) is 0 Å². The van der Waals surface area contributed by atoms with Crippen LogP contribution in [-0.2, 0) is 14.8 Å². The fourth-order valence-electron chi connectivity index (χ4n) is 2.73. The molecule has 4 nitrogen and oxygen atoms in total. The Bertz CT molecular complexity index is 852. The predicted octanol–water partition coefficient (Wildman–Crippen LogP) is 4.66. The number of ketones is 1. The van der Waals surface area contributed by atoms with E-state index < -0.39 is 10.0 Å². The van der Waals surface area contributed by atoms with Gasteiger partial charge in [0.15, 0.2) is 5.78 Å². The molecule has 1 aliphatic rings. The van der Waals surface area contributed by atoms with Gasteiger partial charge in [-0.05, 0) is 35.3 Å². The highest BCUT2D eigenvalue weighted by molar-refractivity contribution is 7.89. The highest BCUT2D eigenvalue weighted by Crippen LogP contribution is 2.37. The molecule has 0 unspecified atom stereocenters. The lowest BCUT2D eigenvalue weighted by Gasteiger charge is -2.08. The number of carbonyl (C=O) groups excluding carboxylic acids is 1. The molecule has 0 heterocycles. The molecule has 5 heteroatoms. The van der Waals surface area contributed by atoms with Gasteiger partial charge in [0.2, 0.25) is 10.0 Å². The Labute approximate surface area is 156 Å². The van der Waals surface area contributed by atoms with Crippen molar-refractivity contribution in [2.24, 2.45) is 5.14 Å². The molecule has 0 radical (unpaired) electrons. The van der Waals surface area contributed by atoms with Crippen LogP contribution in [0.5, 0.6) is 0 Å². The first-order chi connectivity index (χ1) is 12.5. The molecule has 0 aliphatic heterocycles. The van der Waals surface area contributed by atoms with Gasteiger partial charge in [-0.15, -0.1) is 0 Å². The van der Waals surface area contributed by atoms with Gasteiger partial charge in [-0.25, -0.2) is 13.6 Å². The summed E-state index contributed by atoms with van der Waals surface area (Å²) in [6.45, 7) is 8.00. The molecule has 2 N–H and O–H groups in total. The Morgan fingerprint density at radius 3 is 1.81 bits per heavy atom. The quantitative estimate of drug-likeness (QED) is 0.850. The van der Waals surface area contributed by atoms with Crippen LogP contribution in [0.1, 0.15) is 51.7 Å². The van der Waals surface area contributed by atoms with Gasteiger partial charge < -0.3 is 0 Å². The van der Waals surface area contributed by atoms with Crippen molar-refractivity contribution in [3.05, 3.63) is 65.7 Å². The fourth-order valence-corrected chi connectivity index (χ4v) is 3.25. The second-order valence-electron chi connectivity index (χ2n) is 5.21. The molecule has 0 atom stereocenters. The molecule has 0 amide bonds. The lowest BCUT2D eigenvalue weighted by molar-refractivity contribution is -0.113. The van der Waals surface area contributed by atoms with E-state index in [1.165, 1.54) is 12.1 Å². The third-order valence-electron chi connectivity index (χ3n) is 3.78. The summed E-state index contributed by atoms with van der Waals surface area (Å²) in [4.78, 5) is 12.3. The van der Waals surface area contributed by atoms with Gasteiger partial charge in [-0.1, -0.05) is 70.2 Å². The zero-order chi connectivity index (χ0) is 19.7. The number of sulfonamides is 1. The van der Waals surface area contributed by atoms with E-state index in [4.69, 9.17) is 5.14 Å².